The first kappa shape index (κ1) is 13.7. The van der Waals surface area contributed by atoms with Crippen LogP contribution in [0.4, 0.5) is 0 Å². The second-order valence-electron chi connectivity index (χ2n) is 4.19. The first-order chi connectivity index (χ1) is 8.08. The van der Waals surface area contributed by atoms with Gasteiger partial charge >= 0.3 is 0 Å². The molecule has 0 aliphatic carbocycles. The molecule has 4 heteroatoms. The van der Waals surface area contributed by atoms with E-state index < -0.39 is 0 Å². The fourth-order valence-electron chi connectivity index (χ4n) is 1.93. The number of hydrogen-bond donors (Lipinski definition) is 2. The summed E-state index contributed by atoms with van der Waals surface area (Å²) in [5.41, 5.74) is 13.4. The average molecular weight is 235 g/mol. The standard InChI is InChI=1S/C13H21N3O/c1-3-16(9-13(15)17)12(8-14)11-6-4-10(2)5-7-11/h4-7,12H,3,8-9,14H2,1-2H3,(H2,15,17). The van der Waals surface area contributed by atoms with Gasteiger partial charge in [0.1, 0.15) is 0 Å². The number of nitrogens with zero attached hydrogens (tertiary/aromatic N) is 1. The summed E-state index contributed by atoms with van der Waals surface area (Å²) in [5, 5.41) is 0. The molecule has 17 heavy (non-hydrogen) atoms. The zero-order valence-electron chi connectivity index (χ0n) is 10.5. The second-order valence-corrected chi connectivity index (χ2v) is 4.19. The van der Waals surface area contributed by atoms with Crippen LogP contribution in [0.2, 0.25) is 0 Å². The average Bonchev–Trinajstić information content (AvgIpc) is 2.30. The highest BCUT2D eigenvalue weighted by molar-refractivity contribution is 5.76. The Bertz CT molecular complexity index is 361. The van der Waals surface area contributed by atoms with Gasteiger partial charge in [-0.25, -0.2) is 0 Å². The molecule has 0 aliphatic heterocycles. The van der Waals surface area contributed by atoms with Crippen LogP contribution in [0.15, 0.2) is 24.3 Å². The van der Waals surface area contributed by atoms with Crippen molar-refractivity contribution in [1.82, 2.24) is 4.90 Å². The van der Waals surface area contributed by atoms with Crippen LogP contribution in [0.5, 0.6) is 0 Å². The zero-order valence-corrected chi connectivity index (χ0v) is 10.5. The molecule has 1 unspecified atom stereocenters. The van der Waals surface area contributed by atoms with Crippen LogP contribution in [0, 0.1) is 6.92 Å². The molecule has 1 aromatic rings. The molecule has 0 saturated heterocycles. The zero-order chi connectivity index (χ0) is 12.8. The Labute approximate surface area is 103 Å². The minimum Gasteiger partial charge on any atom is -0.369 e. The van der Waals surface area contributed by atoms with E-state index in [4.69, 9.17) is 11.5 Å². The normalized spacial score (nSPS) is 12.7. The van der Waals surface area contributed by atoms with E-state index in [0.29, 0.717) is 6.54 Å². The highest BCUT2D eigenvalue weighted by Gasteiger charge is 2.18. The topological polar surface area (TPSA) is 72.3 Å². The highest BCUT2D eigenvalue weighted by atomic mass is 16.1. The number of carbonyl (C=O) groups excluding carboxylic acids is 1. The van der Waals surface area contributed by atoms with Gasteiger partial charge in [-0.15, -0.1) is 0 Å². The third-order valence-electron chi connectivity index (χ3n) is 2.89. The van der Waals surface area contributed by atoms with Gasteiger partial charge in [-0.05, 0) is 19.0 Å². The van der Waals surface area contributed by atoms with Gasteiger partial charge in [-0.2, -0.15) is 0 Å². The molecule has 0 aliphatic rings. The third-order valence-corrected chi connectivity index (χ3v) is 2.89. The number of aryl methyl sites for hydroxylation is 1. The molecular weight excluding hydrogens is 214 g/mol. The Hall–Kier alpha value is -1.39. The van der Waals surface area contributed by atoms with E-state index in [2.05, 4.69) is 24.3 Å². The molecule has 0 heterocycles. The van der Waals surface area contributed by atoms with Crippen molar-refractivity contribution in [3.05, 3.63) is 35.4 Å². The van der Waals surface area contributed by atoms with Crippen molar-refractivity contribution in [1.29, 1.82) is 0 Å². The fourth-order valence-corrected chi connectivity index (χ4v) is 1.93. The molecule has 0 aromatic heterocycles. The fraction of sp³-hybridized carbons (Fsp3) is 0.462. The largest absolute Gasteiger partial charge is 0.369 e. The Morgan fingerprint density at radius 3 is 2.35 bits per heavy atom. The maximum Gasteiger partial charge on any atom is 0.231 e. The van der Waals surface area contributed by atoms with Crippen molar-refractivity contribution in [2.75, 3.05) is 19.6 Å². The first-order valence-corrected chi connectivity index (χ1v) is 5.87. The monoisotopic (exact) mass is 235 g/mol. The van der Waals surface area contributed by atoms with Gasteiger partial charge in [0.2, 0.25) is 5.91 Å². The number of carbonyl (C=O) groups is 1. The van der Waals surface area contributed by atoms with Crippen LogP contribution in [0.1, 0.15) is 24.1 Å². The molecule has 4 nitrogen and oxygen atoms in total. The third kappa shape index (κ3) is 3.84. The van der Waals surface area contributed by atoms with Gasteiger partial charge < -0.3 is 11.5 Å². The van der Waals surface area contributed by atoms with Crippen molar-refractivity contribution in [3.8, 4) is 0 Å². The van der Waals surface area contributed by atoms with Crippen LogP contribution in [-0.2, 0) is 4.79 Å². The van der Waals surface area contributed by atoms with Crippen LogP contribution in [0.3, 0.4) is 0 Å². The number of hydrogen-bond acceptors (Lipinski definition) is 3. The summed E-state index contributed by atoms with van der Waals surface area (Å²) in [6.45, 7) is 5.51. The second kappa shape index (κ2) is 6.37. The molecule has 1 atom stereocenters. The summed E-state index contributed by atoms with van der Waals surface area (Å²) in [7, 11) is 0. The summed E-state index contributed by atoms with van der Waals surface area (Å²) in [4.78, 5) is 13.0. The van der Waals surface area contributed by atoms with Crippen LogP contribution < -0.4 is 11.5 Å². The van der Waals surface area contributed by atoms with Crippen molar-refractivity contribution in [2.45, 2.75) is 19.9 Å². The van der Waals surface area contributed by atoms with Gasteiger partial charge in [0.25, 0.3) is 0 Å². The van der Waals surface area contributed by atoms with E-state index in [1.165, 1.54) is 5.56 Å². The minimum absolute atomic E-state index is 0.0492. The lowest BCUT2D eigenvalue weighted by Gasteiger charge is -2.29. The Morgan fingerprint density at radius 2 is 1.94 bits per heavy atom. The molecule has 0 bridgehead atoms. The molecule has 0 saturated carbocycles. The van der Waals surface area contributed by atoms with Crippen molar-refractivity contribution in [2.24, 2.45) is 11.5 Å². The van der Waals surface area contributed by atoms with Gasteiger partial charge in [-0.3, -0.25) is 9.69 Å². The van der Waals surface area contributed by atoms with Gasteiger partial charge in [0.15, 0.2) is 0 Å². The predicted octanol–water partition coefficient (Wildman–Crippen LogP) is 0.802. The van der Waals surface area contributed by atoms with Crippen LogP contribution >= 0.6 is 0 Å². The maximum absolute atomic E-state index is 11.0. The van der Waals surface area contributed by atoms with Crippen molar-refractivity contribution in [3.63, 3.8) is 0 Å². The minimum atomic E-state index is -0.322. The lowest BCUT2D eigenvalue weighted by molar-refractivity contribution is -0.119. The van der Waals surface area contributed by atoms with E-state index in [9.17, 15) is 4.79 Å². The molecule has 94 valence electrons. The number of benzene rings is 1. The molecule has 0 spiro atoms. The summed E-state index contributed by atoms with van der Waals surface area (Å²) < 4.78 is 0. The Kier molecular flexibility index (Phi) is 5.12. The van der Waals surface area contributed by atoms with Crippen LogP contribution in [0.25, 0.3) is 0 Å². The molecular formula is C13H21N3O. The van der Waals surface area contributed by atoms with Crippen molar-refractivity contribution < 1.29 is 4.79 Å². The SMILES string of the molecule is CCN(CC(N)=O)C(CN)c1ccc(C)cc1. The van der Waals surface area contributed by atoms with Crippen LogP contribution in [-0.4, -0.2) is 30.4 Å². The number of nitrogens with two attached hydrogens (primary N) is 2. The number of primary amides is 1. The van der Waals surface area contributed by atoms with Gasteiger partial charge in [0.05, 0.1) is 6.54 Å². The van der Waals surface area contributed by atoms with Crippen molar-refractivity contribution >= 4 is 5.91 Å². The summed E-state index contributed by atoms with van der Waals surface area (Å²) in [6, 6.07) is 8.26. The molecule has 1 amide bonds. The smallest absolute Gasteiger partial charge is 0.231 e. The summed E-state index contributed by atoms with van der Waals surface area (Å²) >= 11 is 0. The molecule has 1 aromatic carbocycles. The predicted molar refractivity (Wildman–Crippen MR) is 69.4 cm³/mol. The summed E-state index contributed by atoms with van der Waals surface area (Å²) in [6.07, 6.45) is 0. The molecule has 4 N–H and O–H groups in total. The quantitative estimate of drug-likeness (QED) is 0.766. The first-order valence-electron chi connectivity index (χ1n) is 5.87. The molecule has 0 radical (unpaired) electrons. The maximum atomic E-state index is 11.0. The lowest BCUT2D eigenvalue weighted by Crippen LogP contribution is -2.39. The number of amides is 1. The Balaban J connectivity index is 2.88. The summed E-state index contributed by atoms with van der Waals surface area (Å²) in [5.74, 6) is -0.322. The van der Waals surface area contributed by atoms with E-state index >= 15 is 0 Å². The molecule has 0 fully saturated rings. The van der Waals surface area contributed by atoms with E-state index in [0.717, 1.165) is 12.1 Å². The Morgan fingerprint density at radius 1 is 1.35 bits per heavy atom. The van der Waals surface area contributed by atoms with E-state index in [1.807, 2.05) is 18.7 Å². The van der Waals surface area contributed by atoms with Gasteiger partial charge in [-0.1, -0.05) is 36.8 Å². The number of likely N-dealkylation sites (N-methyl/N-ethyl adjacent to an activating group) is 1. The molecule has 1 rings (SSSR count). The van der Waals surface area contributed by atoms with Gasteiger partial charge in [0, 0.05) is 12.6 Å². The highest BCUT2D eigenvalue weighted by Crippen LogP contribution is 2.19. The van der Waals surface area contributed by atoms with E-state index in [1.54, 1.807) is 0 Å². The number of rotatable bonds is 6. The van der Waals surface area contributed by atoms with E-state index in [-0.39, 0.29) is 18.5 Å². The lowest BCUT2D eigenvalue weighted by atomic mass is 10.0.